The fourth-order valence-electron chi connectivity index (χ4n) is 5.07. The zero-order valence-electron chi connectivity index (χ0n) is 19.3. The van der Waals surface area contributed by atoms with E-state index >= 15 is 0 Å². The van der Waals surface area contributed by atoms with Crippen LogP contribution in [0.15, 0.2) is 29.2 Å². The molecule has 11 heteroatoms. The van der Waals surface area contributed by atoms with Crippen LogP contribution in [-0.4, -0.2) is 56.5 Å². The van der Waals surface area contributed by atoms with Crippen molar-refractivity contribution in [2.24, 2.45) is 0 Å². The standard InChI is InChI=1S/C24H24F2N4O4S/c1-29-23(33)19-21(32)20(31)16(11-30(19)12-24(29)7-5-15(34-2)6-8-24)22-28-27-18(35-22)9-13-3-4-14(25)10-17(13)26/h3-4,10-11,15,32H,5-9,12H2,1-2H3. The minimum atomic E-state index is -0.715. The Kier molecular flexibility index (Phi) is 5.92. The normalized spacial score (nSPS) is 22.0. The van der Waals surface area contributed by atoms with Crippen molar-refractivity contribution >= 4 is 17.2 Å². The van der Waals surface area contributed by atoms with Gasteiger partial charge in [-0.1, -0.05) is 17.4 Å². The number of carbonyl (C=O) groups is 1. The van der Waals surface area contributed by atoms with E-state index in [2.05, 4.69) is 10.2 Å². The maximum atomic E-state index is 14.0. The Balaban J connectivity index is 1.49. The summed E-state index contributed by atoms with van der Waals surface area (Å²) in [4.78, 5) is 27.8. The Bertz CT molecular complexity index is 1360. The van der Waals surface area contributed by atoms with Gasteiger partial charge in [-0.05, 0) is 37.3 Å². The summed E-state index contributed by atoms with van der Waals surface area (Å²) < 4.78 is 34.4. The number of fused-ring (bicyclic) bond motifs is 1. The second-order valence-corrected chi connectivity index (χ2v) is 10.2. The van der Waals surface area contributed by atoms with Crippen LogP contribution >= 0.6 is 11.3 Å². The van der Waals surface area contributed by atoms with Gasteiger partial charge < -0.3 is 19.3 Å². The average Bonchev–Trinajstić information content (AvgIpc) is 3.30. The molecule has 1 aliphatic carbocycles. The molecule has 0 bridgehead atoms. The predicted molar refractivity (Wildman–Crippen MR) is 125 cm³/mol. The number of aromatic hydroxyl groups is 1. The third kappa shape index (κ3) is 4.02. The predicted octanol–water partition coefficient (Wildman–Crippen LogP) is 3.35. The van der Waals surface area contributed by atoms with Gasteiger partial charge in [0.2, 0.25) is 5.43 Å². The number of aromatic nitrogens is 3. The van der Waals surface area contributed by atoms with Crippen LogP contribution in [0.25, 0.3) is 10.6 Å². The van der Waals surface area contributed by atoms with Gasteiger partial charge in [-0.2, -0.15) is 0 Å². The van der Waals surface area contributed by atoms with Crippen molar-refractivity contribution in [3.05, 3.63) is 62.5 Å². The van der Waals surface area contributed by atoms with Crippen LogP contribution in [0, 0.1) is 11.6 Å². The van der Waals surface area contributed by atoms with E-state index in [0.717, 1.165) is 49.2 Å². The Morgan fingerprint density at radius 1 is 1.23 bits per heavy atom. The number of halogens is 2. The molecular weight excluding hydrogens is 478 g/mol. The monoisotopic (exact) mass is 502 g/mol. The second-order valence-electron chi connectivity index (χ2n) is 9.13. The highest BCUT2D eigenvalue weighted by molar-refractivity contribution is 7.14. The van der Waals surface area contributed by atoms with Gasteiger partial charge in [-0.3, -0.25) is 9.59 Å². The average molecular weight is 503 g/mol. The number of rotatable bonds is 4. The maximum absolute atomic E-state index is 14.0. The van der Waals surface area contributed by atoms with E-state index in [1.807, 2.05) is 0 Å². The van der Waals surface area contributed by atoms with Crippen molar-refractivity contribution in [3.8, 4) is 16.3 Å². The van der Waals surface area contributed by atoms with Crippen LogP contribution in [0.1, 0.15) is 46.7 Å². The maximum Gasteiger partial charge on any atom is 0.274 e. The number of hydrogen-bond donors (Lipinski definition) is 1. The van der Waals surface area contributed by atoms with Crippen LogP contribution < -0.4 is 5.43 Å². The molecule has 184 valence electrons. The Morgan fingerprint density at radius 2 is 1.97 bits per heavy atom. The van der Waals surface area contributed by atoms with E-state index in [1.54, 1.807) is 29.8 Å². The molecule has 1 aromatic carbocycles. The lowest BCUT2D eigenvalue weighted by molar-refractivity contribution is -0.0119. The molecule has 2 aromatic heterocycles. The molecule has 3 heterocycles. The summed E-state index contributed by atoms with van der Waals surface area (Å²) in [5, 5.41) is 19.5. The molecule has 3 aromatic rings. The largest absolute Gasteiger partial charge is 0.503 e. The molecule has 1 spiro atoms. The van der Waals surface area contributed by atoms with Crippen LogP contribution in [-0.2, 0) is 17.7 Å². The molecule has 2 aliphatic rings. The van der Waals surface area contributed by atoms with E-state index in [-0.39, 0.29) is 34.4 Å². The van der Waals surface area contributed by atoms with Gasteiger partial charge in [-0.15, -0.1) is 10.2 Å². The molecule has 5 rings (SSSR count). The molecule has 1 aliphatic heterocycles. The Hall–Kier alpha value is -3.18. The number of benzene rings is 1. The highest BCUT2D eigenvalue weighted by Gasteiger charge is 2.46. The number of hydrogen-bond acceptors (Lipinski definition) is 7. The molecule has 8 nitrogen and oxygen atoms in total. The van der Waals surface area contributed by atoms with Gasteiger partial charge in [0.15, 0.2) is 16.5 Å². The summed E-state index contributed by atoms with van der Waals surface area (Å²) in [6.07, 6.45) is 4.87. The molecule has 0 atom stereocenters. The van der Waals surface area contributed by atoms with Crippen molar-refractivity contribution in [3.63, 3.8) is 0 Å². The van der Waals surface area contributed by atoms with Crippen molar-refractivity contribution in [1.29, 1.82) is 0 Å². The van der Waals surface area contributed by atoms with Crippen LogP contribution in [0.5, 0.6) is 5.75 Å². The van der Waals surface area contributed by atoms with Crippen molar-refractivity contribution in [2.75, 3.05) is 14.2 Å². The molecule has 1 fully saturated rings. The van der Waals surface area contributed by atoms with E-state index in [9.17, 15) is 23.5 Å². The molecule has 0 radical (unpaired) electrons. The van der Waals surface area contributed by atoms with E-state index in [1.165, 1.54) is 6.07 Å². The van der Waals surface area contributed by atoms with Crippen LogP contribution in [0.2, 0.25) is 0 Å². The molecule has 35 heavy (non-hydrogen) atoms. The number of carbonyl (C=O) groups excluding carboxylic acids is 1. The highest BCUT2D eigenvalue weighted by Crippen LogP contribution is 2.40. The molecule has 1 saturated carbocycles. The minimum absolute atomic E-state index is 0.0427. The van der Waals surface area contributed by atoms with Crippen LogP contribution in [0.3, 0.4) is 0 Å². The summed E-state index contributed by atoms with van der Waals surface area (Å²) in [7, 11) is 3.39. The number of likely N-dealkylation sites (N-methyl/N-ethyl adjacent to an activating group) is 1. The number of ether oxygens (including phenoxy) is 1. The van der Waals surface area contributed by atoms with E-state index in [0.29, 0.717) is 11.6 Å². The first-order valence-corrected chi connectivity index (χ1v) is 12.1. The third-order valence-electron chi connectivity index (χ3n) is 7.19. The topological polar surface area (TPSA) is 97.5 Å². The first-order valence-electron chi connectivity index (χ1n) is 11.3. The molecule has 0 unspecified atom stereocenters. The summed E-state index contributed by atoms with van der Waals surface area (Å²) in [6, 6.07) is 3.30. The highest BCUT2D eigenvalue weighted by atomic mass is 32.1. The van der Waals surface area contributed by atoms with Gasteiger partial charge in [0.25, 0.3) is 5.91 Å². The summed E-state index contributed by atoms with van der Waals surface area (Å²) in [5.41, 5.74) is -0.829. The van der Waals surface area contributed by atoms with E-state index in [4.69, 9.17) is 4.74 Å². The van der Waals surface area contributed by atoms with Crippen molar-refractivity contribution < 1.29 is 23.4 Å². The number of methoxy groups -OCH3 is 1. The zero-order chi connectivity index (χ0) is 24.9. The van der Waals surface area contributed by atoms with Crippen molar-refractivity contribution in [1.82, 2.24) is 19.7 Å². The quantitative estimate of drug-likeness (QED) is 0.588. The second kappa shape index (κ2) is 8.80. The summed E-state index contributed by atoms with van der Waals surface area (Å²) >= 11 is 1.08. The number of nitrogens with zero attached hydrogens (tertiary/aromatic N) is 4. The first kappa shape index (κ1) is 23.6. The SMILES string of the molecule is COC1CCC2(CC1)Cn1cc(-c3nnc(Cc4ccc(F)cc4F)s3)c(=O)c(O)c1C(=O)N2C. The van der Waals surface area contributed by atoms with Crippen molar-refractivity contribution in [2.45, 2.75) is 50.3 Å². The summed E-state index contributed by atoms with van der Waals surface area (Å²) in [6.45, 7) is 0.425. The fourth-order valence-corrected chi connectivity index (χ4v) is 5.94. The smallest absolute Gasteiger partial charge is 0.274 e. The first-order chi connectivity index (χ1) is 16.7. The molecule has 1 N–H and O–H groups in total. The zero-order valence-corrected chi connectivity index (χ0v) is 20.1. The number of pyridine rings is 1. The third-order valence-corrected chi connectivity index (χ3v) is 8.15. The van der Waals surface area contributed by atoms with Gasteiger partial charge in [0.1, 0.15) is 16.6 Å². The lowest BCUT2D eigenvalue weighted by atomic mass is 9.77. The Labute approximate surface area is 203 Å². The minimum Gasteiger partial charge on any atom is -0.503 e. The Morgan fingerprint density at radius 3 is 2.66 bits per heavy atom. The molecule has 1 amide bonds. The lowest BCUT2D eigenvalue weighted by Gasteiger charge is -2.49. The fraction of sp³-hybridized carbons (Fsp3) is 0.417. The van der Waals surface area contributed by atoms with Gasteiger partial charge in [0.05, 0.1) is 17.2 Å². The number of amides is 1. The van der Waals surface area contributed by atoms with Gasteiger partial charge in [-0.25, -0.2) is 8.78 Å². The lowest BCUT2D eigenvalue weighted by Crippen LogP contribution is -2.58. The summed E-state index contributed by atoms with van der Waals surface area (Å²) in [5.74, 6) is -2.39. The van der Waals surface area contributed by atoms with Gasteiger partial charge in [0, 0.05) is 39.4 Å². The van der Waals surface area contributed by atoms with Gasteiger partial charge >= 0.3 is 0 Å². The van der Waals surface area contributed by atoms with Crippen LogP contribution in [0.4, 0.5) is 8.78 Å². The molecular formula is C24H24F2N4O4S. The van der Waals surface area contributed by atoms with E-state index < -0.39 is 34.3 Å². The molecule has 0 saturated heterocycles.